The fourth-order valence-electron chi connectivity index (χ4n) is 3.46. The van der Waals surface area contributed by atoms with Gasteiger partial charge in [-0.2, -0.15) is 0 Å². The molecule has 5 rings (SSSR count). The van der Waals surface area contributed by atoms with Crippen LogP contribution in [0, 0.1) is 6.92 Å². The van der Waals surface area contributed by atoms with Gasteiger partial charge in [0.2, 0.25) is 11.5 Å². The molecule has 2 heterocycles. The van der Waals surface area contributed by atoms with Gasteiger partial charge in [-0.25, -0.2) is 4.79 Å². The van der Waals surface area contributed by atoms with Gasteiger partial charge >= 0.3 is 5.97 Å². The predicted molar refractivity (Wildman–Crippen MR) is 117 cm³/mol. The van der Waals surface area contributed by atoms with E-state index in [1.165, 1.54) is 0 Å². The van der Waals surface area contributed by atoms with Crippen LogP contribution in [-0.2, 0) is 0 Å². The van der Waals surface area contributed by atoms with E-state index < -0.39 is 5.97 Å². The minimum absolute atomic E-state index is 0.0969. The van der Waals surface area contributed by atoms with Crippen molar-refractivity contribution in [2.45, 2.75) is 6.92 Å². The van der Waals surface area contributed by atoms with E-state index in [2.05, 4.69) is 0 Å². The highest BCUT2D eigenvalue weighted by atomic mass is 35.5. The number of ketones is 1. The standard InChI is InChI=1S/C25H15ClO5/c1-14-19(31-25(28)22-13-16-6-2-3-8-20(16)29-22)10-9-18-23(27)21(30-24(14)18)12-15-5-4-7-17(26)11-15/h2-13H,1H3/b21-12-. The average molecular weight is 431 g/mol. The average Bonchev–Trinajstić information content (AvgIpc) is 3.32. The number of esters is 1. The summed E-state index contributed by atoms with van der Waals surface area (Å²) in [6.45, 7) is 1.73. The van der Waals surface area contributed by atoms with Crippen LogP contribution in [0.3, 0.4) is 0 Å². The van der Waals surface area contributed by atoms with Gasteiger partial charge in [-0.05, 0) is 55.0 Å². The summed E-state index contributed by atoms with van der Waals surface area (Å²) in [4.78, 5) is 25.3. The van der Waals surface area contributed by atoms with Crippen LogP contribution in [0.1, 0.15) is 32.0 Å². The Balaban J connectivity index is 1.43. The summed E-state index contributed by atoms with van der Waals surface area (Å²) < 4.78 is 16.9. The second-order valence-electron chi connectivity index (χ2n) is 7.10. The van der Waals surface area contributed by atoms with Crippen molar-refractivity contribution < 1.29 is 23.5 Å². The Kier molecular flexibility index (Phi) is 4.60. The van der Waals surface area contributed by atoms with Gasteiger partial charge in [0, 0.05) is 16.0 Å². The van der Waals surface area contributed by atoms with Crippen molar-refractivity contribution in [1.82, 2.24) is 0 Å². The Hall–Kier alpha value is -3.83. The number of carbonyl (C=O) groups is 2. The number of benzene rings is 3. The summed E-state index contributed by atoms with van der Waals surface area (Å²) in [5.74, 6) is 0.0708. The topological polar surface area (TPSA) is 65.7 Å². The Morgan fingerprint density at radius 3 is 2.68 bits per heavy atom. The summed E-state index contributed by atoms with van der Waals surface area (Å²) in [6.07, 6.45) is 1.63. The van der Waals surface area contributed by atoms with Crippen LogP contribution in [0.25, 0.3) is 17.0 Å². The summed E-state index contributed by atoms with van der Waals surface area (Å²) in [5.41, 5.74) is 2.31. The minimum Gasteiger partial charge on any atom is -0.452 e. The van der Waals surface area contributed by atoms with Crippen molar-refractivity contribution in [2.75, 3.05) is 0 Å². The summed E-state index contributed by atoms with van der Waals surface area (Å²) in [6, 6.07) is 19.2. The number of allylic oxidation sites excluding steroid dienone is 1. The van der Waals surface area contributed by atoms with E-state index in [1.54, 1.807) is 55.5 Å². The third kappa shape index (κ3) is 3.49. The number of halogens is 1. The Morgan fingerprint density at radius 2 is 1.87 bits per heavy atom. The number of ether oxygens (including phenoxy) is 2. The molecule has 0 bridgehead atoms. The zero-order valence-electron chi connectivity index (χ0n) is 16.3. The Bertz CT molecular complexity index is 1360. The van der Waals surface area contributed by atoms with Gasteiger partial charge < -0.3 is 13.9 Å². The highest BCUT2D eigenvalue weighted by Crippen LogP contribution is 2.39. The van der Waals surface area contributed by atoms with Gasteiger partial charge in [0.1, 0.15) is 17.1 Å². The molecule has 152 valence electrons. The van der Waals surface area contributed by atoms with Crippen LogP contribution in [0.15, 0.2) is 76.9 Å². The lowest BCUT2D eigenvalue weighted by Crippen LogP contribution is -2.08. The van der Waals surface area contributed by atoms with Crippen LogP contribution >= 0.6 is 11.6 Å². The maximum atomic E-state index is 12.7. The third-order valence-electron chi connectivity index (χ3n) is 5.01. The quantitative estimate of drug-likeness (QED) is 0.219. The molecule has 1 aliphatic heterocycles. The molecule has 0 saturated heterocycles. The first kappa shape index (κ1) is 19.2. The van der Waals surface area contributed by atoms with Crippen molar-refractivity contribution in [2.24, 2.45) is 0 Å². The molecule has 0 amide bonds. The van der Waals surface area contributed by atoms with E-state index in [9.17, 15) is 9.59 Å². The van der Waals surface area contributed by atoms with Gasteiger partial charge in [-0.15, -0.1) is 0 Å². The van der Waals surface area contributed by atoms with E-state index in [0.717, 1.165) is 10.9 Å². The maximum absolute atomic E-state index is 12.7. The Labute approximate surface area is 182 Å². The largest absolute Gasteiger partial charge is 0.452 e. The lowest BCUT2D eigenvalue weighted by Gasteiger charge is -2.09. The molecule has 3 aromatic carbocycles. The van der Waals surface area contributed by atoms with Crippen LogP contribution < -0.4 is 9.47 Å². The number of carbonyl (C=O) groups excluding carboxylic acids is 2. The van der Waals surface area contributed by atoms with E-state index in [-0.39, 0.29) is 17.3 Å². The molecule has 0 spiro atoms. The van der Waals surface area contributed by atoms with Crippen molar-refractivity contribution in [3.8, 4) is 11.5 Å². The second kappa shape index (κ2) is 7.45. The SMILES string of the molecule is Cc1c(OC(=O)c2cc3ccccc3o2)ccc2c1O/C(=C\c1cccc(Cl)c1)C2=O. The molecule has 4 aromatic rings. The second-order valence-corrected chi connectivity index (χ2v) is 7.53. The maximum Gasteiger partial charge on any atom is 0.379 e. The van der Waals surface area contributed by atoms with E-state index in [4.69, 9.17) is 25.5 Å². The molecule has 0 fully saturated rings. The smallest absolute Gasteiger partial charge is 0.379 e. The third-order valence-corrected chi connectivity index (χ3v) is 5.25. The molecule has 6 heteroatoms. The molecule has 0 saturated carbocycles. The highest BCUT2D eigenvalue weighted by Gasteiger charge is 2.31. The zero-order valence-corrected chi connectivity index (χ0v) is 17.1. The molecule has 1 aromatic heterocycles. The molecule has 0 N–H and O–H groups in total. The van der Waals surface area contributed by atoms with Crippen LogP contribution in [0.2, 0.25) is 5.02 Å². The van der Waals surface area contributed by atoms with Gasteiger partial charge in [-0.1, -0.05) is 41.9 Å². The van der Waals surface area contributed by atoms with Gasteiger partial charge in [-0.3, -0.25) is 4.79 Å². The molecule has 5 nitrogen and oxygen atoms in total. The van der Waals surface area contributed by atoms with E-state index in [1.807, 2.05) is 24.3 Å². The molecule has 1 aliphatic rings. The van der Waals surface area contributed by atoms with Crippen molar-refractivity contribution >= 4 is 40.4 Å². The first-order chi connectivity index (χ1) is 15.0. The first-order valence-corrected chi connectivity index (χ1v) is 9.91. The number of Topliss-reactive ketones (excluding diaryl/α,β-unsaturated/α-hetero) is 1. The molecule has 0 aliphatic carbocycles. The molecule has 31 heavy (non-hydrogen) atoms. The van der Waals surface area contributed by atoms with E-state index in [0.29, 0.717) is 33.2 Å². The number of fused-ring (bicyclic) bond motifs is 2. The van der Waals surface area contributed by atoms with E-state index >= 15 is 0 Å². The summed E-state index contributed by atoms with van der Waals surface area (Å²) in [5, 5.41) is 1.37. The Morgan fingerprint density at radius 1 is 1.03 bits per heavy atom. The molecule has 0 atom stereocenters. The zero-order chi connectivity index (χ0) is 21.5. The highest BCUT2D eigenvalue weighted by molar-refractivity contribution is 6.30. The number of furan rings is 1. The minimum atomic E-state index is -0.627. The lowest BCUT2D eigenvalue weighted by atomic mass is 10.1. The molecular formula is C25H15ClO5. The summed E-state index contributed by atoms with van der Waals surface area (Å²) >= 11 is 6.02. The fraction of sp³-hybridized carbons (Fsp3) is 0.0400. The predicted octanol–water partition coefficient (Wildman–Crippen LogP) is 6.23. The van der Waals surface area contributed by atoms with Crippen molar-refractivity contribution in [1.29, 1.82) is 0 Å². The first-order valence-electron chi connectivity index (χ1n) is 9.54. The van der Waals surface area contributed by atoms with Gasteiger partial charge in [0.15, 0.2) is 5.76 Å². The van der Waals surface area contributed by atoms with Crippen molar-refractivity contribution in [3.05, 3.63) is 100.0 Å². The van der Waals surface area contributed by atoms with Crippen molar-refractivity contribution in [3.63, 3.8) is 0 Å². The number of hydrogen-bond acceptors (Lipinski definition) is 5. The normalized spacial score (nSPS) is 14.0. The summed E-state index contributed by atoms with van der Waals surface area (Å²) in [7, 11) is 0. The number of para-hydroxylation sites is 1. The fourth-order valence-corrected chi connectivity index (χ4v) is 3.66. The number of hydrogen-bond donors (Lipinski definition) is 0. The van der Waals surface area contributed by atoms with Crippen LogP contribution in [-0.4, -0.2) is 11.8 Å². The number of rotatable bonds is 3. The molecular weight excluding hydrogens is 416 g/mol. The monoisotopic (exact) mass is 430 g/mol. The lowest BCUT2D eigenvalue weighted by molar-refractivity contribution is 0.0702. The van der Waals surface area contributed by atoms with Gasteiger partial charge in [0.05, 0.1) is 5.56 Å². The molecule has 0 unspecified atom stereocenters. The van der Waals surface area contributed by atoms with Crippen LogP contribution in [0.5, 0.6) is 11.5 Å². The van der Waals surface area contributed by atoms with Gasteiger partial charge in [0.25, 0.3) is 0 Å². The van der Waals surface area contributed by atoms with Crippen LogP contribution in [0.4, 0.5) is 0 Å². The molecule has 0 radical (unpaired) electrons.